The van der Waals surface area contributed by atoms with Crippen LogP contribution in [0.4, 0.5) is 0 Å². The van der Waals surface area contributed by atoms with Gasteiger partial charge in [-0.15, -0.1) is 0 Å². The molecule has 0 amide bonds. The van der Waals surface area contributed by atoms with Crippen molar-refractivity contribution in [2.45, 2.75) is 147 Å². The molecule has 0 saturated carbocycles. The maximum Gasteiger partial charge on any atom is 0.338 e. The van der Waals surface area contributed by atoms with Crippen molar-refractivity contribution in [1.82, 2.24) is 0 Å². The number of carbonyl (C=O) groups is 4. The van der Waals surface area contributed by atoms with Crippen molar-refractivity contribution in [2.24, 2.45) is 0 Å². The molecule has 0 spiro atoms. The molecule has 12 heteroatoms. The maximum absolute atomic E-state index is 12.2. The Hall–Kier alpha value is -5.40. The molecule has 0 heterocycles. The van der Waals surface area contributed by atoms with E-state index in [1.807, 2.05) is 100 Å². The molecule has 78 heavy (non-hydrogen) atoms. The first kappa shape index (κ1) is 70.6. The van der Waals surface area contributed by atoms with Crippen LogP contribution in [0.3, 0.4) is 0 Å². The van der Waals surface area contributed by atoms with E-state index in [9.17, 15) is 19.2 Å². The van der Waals surface area contributed by atoms with Crippen molar-refractivity contribution in [3.8, 4) is 0 Å². The van der Waals surface area contributed by atoms with Gasteiger partial charge in [-0.3, -0.25) is 0 Å². The number of unbranched alkanes of at least 4 members (excludes halogenated alkanes) is 1. The second-order valence-corrected chi connectivity index (χ2v) is 22.2. The Morgan fingerprint density at radius 2 is 0.564 bits per heavy atom. The van der Waals surface area contributed by atoms with Gasteiger partial charge in [0.2, 0.25) is 0 Å². The van der Waals surface area contributed by atoms with Crippen LogP contribution in [0.15, 0.2) is 121 Å². The first-order valence-electron chi connectivity index (χ1n) is 29.5. The van der Waals surface area contributed by atoms with E-state index in [-0.39, 0.29) is 48.3 Å². The fourth-order valence-electron chi connectivity index (χ4n) is 10.3. The zero-order valence-electron chi connectivity index (χ0n) is 51.6. The van der Waals surface area contributed by atoms with E-state index >= 15 is 0 Å². The summed E-state index contributed by atoms with van der Waals surface area (Å²) in [6.45, 7) is 41.4. The number of quaternary nitrogens is 4. The third kappa shape index (κ3) is 28.0. The average molecular weight is 1090 g/mol. The lowest BCUT2D eigenvalue weighted by Gasteiger charge is -2.39. The van der Waals surface area contributed by atoms with E-state index in [2.05, 4.69) is 83.5 Å². The van der Waals surface area contributed by atoms with Gasteiger partial charge in [-0.2, -0.15) is 0 Å². The van der Waals surface area contributed by atoms with Crippen molar-refractivity contribution >= 4 is 23.9 Å². The predicted molar refractivity (Wildman–Crippen MR) is 322 cm³/mol. The Kier molecular flexibility index (Phi) is 34.6. The quantitative estimate of drug-likeness (QED) is 0.0289. The number of esters is 4. The summed E-state index contributed by atoms with van der Waals surface area (Å²) in [5.74, 6) is -0.907. The average Bonchev–Trinajstić information content (AvgIpc) is 3.42. The van der Waals surface area contributed by atoms with Crippen molar-refractivity contribution in [1.29, 1.82) is 0 Å². The van der Waals surface area contributed by atoms with Gasteiger partial charge in [0.25, 0.3) is 0 Å². The van der Waals surface area contributed by atoms with E-state index in [1.165, 1.54) is 19.4 Å². The molecule has 436 valence electrons. The molecule has 0 N–H and O–H groups in total. The van der Waals surface area contributed by atoms with Gasteiger partial charge in [0, 0.05) is 0 Å². The highest BCUT2D eigenvalue weighted by molar-refractivity contribution is 5.90. The second kappa shape index (κ2) is 38.2. The first-order chi connectivity index (χ1) is 37.1. The van der Waals surface area contributed by atoms with Gasteiger partial charge in [-0.1, -0.05) is 107 Å². The van der Waals surface area contributed by atoms with E-state index in [0.29, 0.717) is 22.3 Å². The van der Waals surface area contributed by atoms with Gasteiger partial charge in [0.05, 0.1) is 102 Å². The summed E-state index contributed by atoms with van der Waals surface area (Å²) in [7, 11) is 6.23. The van der Waals surface area contributed by atoms with Gasteiger partial charge in [0.1, 0.15) is 50.6 Å². The van der Waals surface area contributed by atoms with Gasteiger partial charge in [0.15, 0.2) is 0 Å². The van der Waals surface area contributed by atoms with Crippen molar-refractivity contribution in [2.75, 3.05) is 106 Å². The third-order valence-corrected chi connectivity index (χ3v) is 14.4. The number of hydrogen-bond acceptors (Lipinski definition) is 8. The molecule has 5 atom stereocenters. The smallest absolute Gasteiger partial charge is 0.338 e. The molecule has 0 aliphatic heterocycles. The molecule has 0 aliphatic carbocycles. The predicted octanol–water partition coefficient (Wildman–Crippen LogP) is 13.2. The minimum absolute atomic E-state index is 0.0592. The molecule has 5 unspecified atom stereocenters. The number of hydrogen-bond donors (Lipinski definition) is 0. The fourth-order valence-corrected chi connectivity index (χ4v) is 10.3. The van der Waals surface area contributed by atoms with E-state index in [1.54, 1.807) is 48.5 Å². The molecule has 4 rings (SSSR count). The van der Waals surface area contributed by atoms with Crippen LogP contribution in [0.2, 0.25) is 0 Å². The van der Waals surface area contributed by atoms with E-state index in [4.69, 9.17) is 18.9 Å². The monoisotopic (exact) mass is 1080 g/mol. The lowest BCUT2D eigenvalue weighted by molar-refractivity contribution is -0.929. The van der Waals surface area contributed by atoms with Crippen LogP contribution in [0, 0.1) is 0 Å². The Morgan fingerprint density at radius 3 is 0.782 bits per heavy atom. The molecule has 12 nitrogen and oxygen atoms in total. The Balaban J connectivity index is 0.000000523. The molecule has 0 aromatic heterocycles. The van der Waals surface area contributed by atoms with Crippen molar-refractivity contribution < 1.29 is 56.1 Å². The van der Waals surface area contributed by atoms with Crippen LogP contribution < -0.4 is 0 Å². The normalized spacial score (nSPS) is 13.6. The summed E-state index contributed by atoms with van der Waals surface area (Å²) < 4.78 is 26.1. The third-order valence-electron chi connectivity index (χ3n) is 14.4. The van der Waals surface area contributed by atoms with Gasteiger partial charge in [-0.05, 0) is 137 Å². The topological polar surface area (TPSA) is 105 Å². The van der Waals surface area contributed by atoms with Crippen LogP contribution in [-0.4, -0.2) is 172 Å². The first-order valence-corrected chi connectivity index (χ1v) is 29.5. The molecule has 0 radical (unpaired) electrons. The fraction of sp³-hybridized carbons (Fsp3) is 0.576. The van der Waals surface area contributed by atoms with Gasteiger partial charge < -0.3 is 36.9 Å². The molecule has 0 saturated heterocycles. The number of rotatable bonds is 30. The zero-order chi connectivity index (χ0) is 58.6. The number of benzene rings is 4. The molecular weight excluding hydrogens is 977 g/mol. The standard InChI is InChI=1S/C19H32NO2.C18H30NO2.C16H26NO2.C13H20NO2/c1-5-8-15-20(7-3,14-6-2)16-17(4)22-19(21)18-12-10-9-11-13-18;1-5-13-19(7-3,14-6-2)15-16(4)21-18(20)17-11-9-8-10-12-17;1-5-17(6-2,7-3)13-14(4)19-16(18)15-11-9-8-10-12-15;1-11(10-14(2,3)4)16-13(15)12-8-6-5-7-9-12/h9-13,17H,5-8,14-16H2,1-4H3;8-12,16H,5-7,13-15H2,1-4H3;8-12,14H,5-7,13H2,1-4H3;5-9,11H,10H2,1-4H3/q4*+1. The number of carbonyl (C=O) groups excluding carboxylic acids is 4. The zero-order valence-corrected chi connectivity index (χ0v) is 51.6. The molecular formula is C66H108N4O8+4. The summed E-state index contributed by atoms with van der Waals surface area (Å²) in [6, 6.07) is 36.7. The molecule has 4 aromatic carbocycles. The Morgan fingerprint density at radius 1 is 0.333 bits per heavy atom. The number of nitrogens with zero attached hydrogens (tertiary/aromatic N) is 4. The summed E-state index contributed by atoms with van der Waals surface area (Å²) in [4.78, 5) is 48.0. The van der Waals surface area contributed by atoms with Crippen LogP contribution in [0.5, 0.6) is 0 Å². The number of likely N-dealkylation sites (N-methyl/N-ethyl adjacent to an activating group) is 4. The lowest BCUT2D eigenvalue weighted by atomic mass is 10.2. The molecule has 0 bridgehead atoms. The van der Waals surface area contributed by atoms with Crippen LogP contribution in [0.25, 0.3) is 0 Å². The summed E-state index contributed by atoms with van der Waals surface area (Å²) in [5, 5.41) is 0. The minimum Gasteiger partial charge on any atom is -0.453 e. The number of ether oxygens (including phenoxy) is 4. The van der Waals surface area contributed by atoms with E-state index < -0.39 is 0 Å². The van der Waals surface area contributed by atoms with Gasteiger partial charge in [-0.25, -0.2) is 19.2 Å². The molecule has 0 aliphatic rings. The van der Waals surface area contributed by atoms with Crippen molar-refractivity contribution in [3.63, 3.8) is 0 Å². The lowest BCUT2D eigenvalue weighted by Crippen LogP contribution is -2.53. The maximum atomic E-state index is 12.2. The van der Waals surface area contributed by atoms with E-state index in [0.717, 1.165) is 116 Å². The van der Waals surface area contributed by atoms with Crippen LogP contribution in [-0.2, 0) is 18.9 Å². The summed E-state index contributed by atoms with van der Waals surface area (Å²) >= 11 is 0. The Bertz CT molecular complexity index is 2190. The summed E-state index contributed by atoms with van der Waals surface area (Å²) in [5.41, 5.74) is 2.49. The summed E-state index contributed by atoms with van der Waals surface area (Å²) in [6.07, 6.45) is 5.67. The largest absolute Gasteiger partial charge is 0.453 e. The van der Waals surface area contributed by atoms with Crippen LogP contribution in [0.1, 0.15) is 164 Å². The van der Waals surface area contributed by atoms with Crippen LogP contribution >= 0.6 is 0 Å². The minimum atomic E-state index is -0.249. The Labute approximate surface area is 474 Å². The molecule has 4 aromatic rings. The van der Waals surface area contributed by atoms with Gasteiger partial charge >= 0.3 is 23.9 Å². The molecule has 0 fully saturated rings. The van der Waals surface area contributed by atoms with Crippen molar-refractivity contribution in [3.05, 3.63) is 144 Å². The highest BCUT2D eigenvalue weighted by Gasteiger charge is 2.30. The highest BCUT2D eigenvalue weighted by atomic mass is 16.6. The highest BCUT2D eigenvalue weighted by Crippen LogP contribution is 2.17. The SMILES string of the molecule is CC(C[N+](C)(C)C)OC(=O)c1ccccc1.CCCC[N+](CC)(CCC)CC(C)OC(=O)c1ccccc1.CCC[N+](CC)(CCC)CC(C)OC(=O)c1ccccc1.CC[N+](CC)(CC)CC(C)OC(=O)c1ccccc1. The second-order valence-electron chi connectivity index (χ2n) is 22.2.